The van der Waals surface area contributed by atoms with E-state index in [9.17, 15) is 10.1 Å². The van der Waals surface area contributed by atoms with Gasteiger partial charge in [-0.1, -0.05) is 6.07 Å². The summed E-state index contributed by atoms with van der Waals surface area (Å²) in [7, 11) is 1.43. The number of hydrogen-bond acceptors (Lipinski definition) is 5. The number of nitrogens with zero attached hydrogens (tertiary/aromatic N) is 1. The number of hydrogen-bond donors (Lipinski definition) is 1. The van der Waals surface area contributed by atoms with E-state index < -0.39 is 4.92 Å². The summed E-state index contributed by atoms with van der Waals surface area (Å²) in [6.45, 7) is 2.05. The Bertz CT molecular complexity index is 422. The highest BCUT2D eigenvalue weighted by molar-refractivity contribution is 5.85. The molecule has 0 radical (unpaired) electrons. The van der Waals surface area contributed by atoms with Gasteiger partial charge in [-0.3, -0.25) is 10.1 Å². The smallest absolute Gasteiger partial charge is 0.310 e. The Labute approximate surface area is 111 Å². The van der Waals surface area contributed by atoms with Crippen LogP contribution in [0, 0.1) is 10.1 Å². The van der Waals surface area contributed by atoms with Crippen LogP contribution in [0.2, 0.25) is 0 Å². The third-order valence-electron chi connectivity index (χ3n) is 2.72. The fourth-order valence-corrected chi connectivity index (χ4v) is 1.84. The van der Waals surface area contributed by atoms with Gasteiger partial charge >= 0.3 is 5.69 Å². The number of benzene rings is 1. The summed E-state index contributed by atoms with van der Waals surface area (Å²) in [4.78, 5) is 10.3. The molecule has 1 aliphatic heterocycles. The number of nitro groups is 1. The predicted octanol–water partition coefficient (Wildman–Crippen LogP) is 1.69. The lowest BCUT2D eigenvalue weighted by molar-refractivity contribution is -0.385. The normalized spacial score (nSPS) is 18.8. The van der Waals surface area contributed by atoms with Crippen LogP contribution in [0.5, 0.6) is 5.75 Å². The molecule has 0 spiro atoms. The molecule has 0 saturated carbocycles. The number of nitro benzene ring substituents is 1. The largest absolute Gasteiger partial charge is 0.490 e. The minimum Gasteiger partial charge on any atom is -0.490 e. The Balaban J connectivity index is 0.00000162. The first-order valence-electron chi connectivity index (χ1n) is 5.36. The van der Waals surface area contributed by atoms with Crippen LogP contribution in [0.15, 0.2) is 18.2 Å². The molecule has 1 unspecified atom stereocenters. The van der Waals surface area contributed by atoms with Crippen molar-refractivity contribution in [3.63, 3.8) is 0 Å². The molecule has 100 valence electrons. The maximum absolute atomic E-state index is 10.8. The van der Waals surface area contributed by atoms with Gasteiger partial charge in [-0.05, 0) is 11.6 Å². The van der Waals surface area contributed by atoms with Gasteiger partial charge in [0.1, 0.15) is 0 Å². The van der Waals surface area contributed by atoms with Crippen LogP contribution in [0.4, 0.5) is 5.69 Å². The van der Waals surface area contributed by atoms with E-state index in [0.717, 1.165) is 12.1 Å². The third kappa shape index (κ3) is 3.10. The predicted molar refractivity (Wildman–Crippen MR) is 68.5 cm³/mol. The van der Waals surface area contributed by atoms with E-state index in [4.69, 9.17) is 9.47 Å². The van der Waals surface area contributed by atoms with Crippen LogP contribution in [-0.2, 0) is 4.74 Å². The van der Waals surface area contributed by atoms with Crippen molar-refractivity contribution in [2.75, 3.05) is 26.9 Å². The molecule has 1 saturated heterocycles. The van der Waals surface area contributed by atoms with Crippen molar-refractivity contribution in [3.05, 3.63) is 33.9 Å². The standard InChI is InChI=1S/C11H14N2O4.ClH/c1-16-11-6-8(2-3-10(11)13(14)15)9-7-17-5-4-12-9;/h2-3,6,9,12H,4-5,7H2,1H3;1H. The van der Waals surface area contributed by atoms with E-state index in [0.29, 0.717) is 13.2 Å². The van der Waals surface area contributed by atoms with Gasteiger partial charge in [0, 0.05) is 12.6 Å². The molecule has 1 aliphatic rings. The molecule has 0 aromatic heterocycles. The molecular weight excluding hydrogens is 260 g/mol. The molecule has 0 aliphatic carbocycles. The Hall–Kier alpha value is -1.37. The Morgan fingerprint density at radius 2 is 2.33 bits per heavy atom. The topological polar surface area (TPSA) is 73.6 Å². The van der Waals surface area contributed by atoms with Gasteiger partial charge in [-0.25, -0.2) is 0 Å². The summed E-state index contributed by atoms with van der Waals surface area (Å²) in [6, 6.07) is 4.94. The number of methoxy groups -OCH3 is 1. The molecule has 1 N–H and O–H groups in total. The lowest BCUT2D eigenvalue weighted by Crippen LogP contribution is -2.34. The minimum absolute atomic E-state index is 0. The zero-order chi connectivity index (χ0) is 12.3. The number of nitrogens with one attached hydrogen (secondary N) is 1. The third-order valence-corrected chi connectivity index (χ3v) is 2.72. The maximum atomic E-state index is 10.8. The highest BCUT2D eigenvalue weighted by Crippen LogP contribution is 2.30. The van der Waals surface area contributed by atoms with E-state index in [1.807, 2.05) is 0 Å². The molecule has 2 rings (SSSR count). The van der Waals surface area contributed by atoms with Crippen molar-refractivity contribution >= 4 is 18.1 Å². The number of halogens is 1. The number of ether oxygens (including phenoxy) is 2. The summed E-state index contributed by atoms with van der Waals surface area (Å²) in [5, 5.41) is 14.0. The molecular formula is C11H15ClN2O4. The van der Waals surface area contributed by atoms with E-state index in [1.165, 1.54) is 13.2 Å². The maximum Gasteiger partial charge on any atom is 0.310 e. The SMILES string of the molecule is COc1cc(C2COCCN2)ccc1[N+](=O)[O-].Cl. The van der Waals surface area contributed by atoms with Crippen LogP contribution in [0.25, 0.3) is 0 Å². The zero-order valence-corrected chi connectivity index (χ0v) is 10.7. The molecule has 1 atom stereocenters. The average Bonchev–Trinajstić information content (AvgIpc) is 2.39. The van der Waals surface area contributed by atoms with E-state index in [-0.39, 0.29) is 29.9 Å². The van der Waals surface area contributed by atoms with Crippen LogP contribution in [0.3, 0.4) is 0 Å². The minimum atomic E-state index is -0.451. The van der Waals surface area contributed by atoms with Crippen LogP contribution < -0.4 is 10.1 Å². The van der Waals surface area contributed by atoms with Crippen molar-refractivity contribution in [2.24, 2.45) is 0 Å². The zero-order valence-electron chi connectivity index (χ0n) is 9.92. The number of morpholine rings is 1. The van der Waals surface area contributed by atoms with E-state index >= 15 is 0 Å². The Morgan fingerprint density at radius 3 is 2.89 bits per heavy atom. The van der Waals surface area contributed by atoms with Gasteiger partial charge < -0.3 is 14.8 Å². The summed E-state index contributed by atoms with van der Waals surface area (Å²) in [5.74, 6) is 0.278. The first-order chi connectivity index (χ1) is 8.22. The van der Waals surface area contributed by atoms with Crippen molar-refractivity contribution in [2.45, 2.75) is 6.04 Å². The summed E-state index contributed by atoms with van der Waals surface area (Å²) in [5.41, 5.74) is 0.917. The molecule has 0 bridgehead atoms. The molecule has 1 fully saturated rings. The summed E-state index contributed by atoms with van der Waals surface area (Å²) in [6.07, 6.45) is 0. The Morgan fingerprint density at radius 1 is 1.56 bits per heavy atom. The first-order valence-corrected chi connectivity index (χ1v) is 5.36. The van der Waals surface area contributed by atoms with E-state index in [1.54, 1.807) is 12.1 Å². The Kier molecular flexibility index (Phi) is 5.33. The molecule has 6 nitrogen and oxygen atoms in total. The van der Waals surface area contributed by atoms with Crippen molar-refractivity contribution < 1.29 is 14.4 Å². The summed E-state index contributed by atoms with van der Waals surface area (Å²) < 4.78 is 10.4. The second-order valence-corrected chi connectivity index (χ2v) is 3.77. The fraction of sp³-hybridized carbons (Fsp3) is 0.455. The van der Waals surface area contributed by atoms with Crippen LogP contribution >= 0.6 is 12.4 Å². The van der Waals surface area contributed by atoms with Gasteiger partial charge in [0.05, 0.1) is 31.3 Å². The van der Waals surface area contributed by atoms with Gasteiger partial charge in [-0.2, -0.15) is 0 Å². The highest BCUT2D eigenvalue weighted by atomic mass is 35.5. The molecule has 1 heterocycles. The average molecular weight is 275 g/mol. The fourth-order valence-electron chi connectivity index (χ4n) is 1.84. The van der Waals surface area contributed by atoms with Crippen molar-refractivity contribution in [1.29, 1.82) is 0 Å². The van der Waals surface area contributed by atoms with Gasteiger partial charge in [0.25, 0.3) is 0 Å². The van der Waals surface area contributed by atoms with Gasteiger partial charge in [-0.15, -0.1) is 12.4 Å². The van der Waals surface area contributed by atoms with Gasteiger partial charge in [0.15, 0.2) is 5.75 Å². The summed E-state index contributed by atoms with van der Waals surface area (Å²) >= 11 is 0. The molecule has 0 amide bonds. The van der Waals surface area contributed by atoms with Crippen LogP contribution in [0.1, 0.15) is 11.6 Å². The number of rotatable bonds is 3. The molecule has 7 heteroatoms. The molecule has 18 heavy (non-hydrogen) atoms. The van der Waals surface area contributed by atoms with Crippen molar-refractivity contribution in [3.8, 4) is 5.75 Å². The highest BCUT2D eigenvalue weighted by Gasteiger charge is 2.20. The van der Waals surface area contributed by atoms with Crippen molar-refractivity contribution in [1.82, 2.24) is 5.32 Å². The second-order valence-electron chi connectivity index (χ2n) is 3.77. The molecule has 1 aromatic carbocycles. The lowest BCUT2D eigenvalue weighted by atomic mass is 10.1. The van der Waals surface area contributed by atoms with Gasteiger partial charge in [0.2, 0.25) is 0 Å². The van der Waals surface area contributed by atoms with E-state index in [2.05, 4.69) is 5.32 Å². The first kappa shape index (κ1) is 14.7. The lowest BCUT2D eigenvalue weighted by Gasteiger charge is -2.24. The monoisotopic (exact) mass is 274 g/mol. The quantitative estimate of drug-likeness (QED) is 0.671. The van der Waals surface area contributed by atoms with Crippen LogP contribution in [-0.4, -0.2) is 31.8 Å². The second kappa shape index (κ2) is 6.53. The molecule has 1 aromatic rings.